The smallest absolute Gasteiger partial charge is 0.309 e. The summed E-state index contributed by atoms with van der Waals surface area (Å²) < 4.78 is 75.7. The summed E-state index contributed by atoms with van der Waals surface area (Å²) in [5, 5.41) is 10.2. The summed E-state index contributed by atoms with van der Waals surface area (Å²) in [6, 6.07) is 5.97. The molecule has 0 unspecified atom stereocenters. The van der Waals surface area contributed by atoms with Crippen molar-refractivity contribution >= 4 is 16.9 Å². The first-order chi connectivity index (χ1) is 18.1. The van der Waals surface area contributed by atoms with E-state index in [9.17, 15) is 27.5 Å². The average molecular weight is 533 g/mol. The fraction of sp³-hybridized carbons (Fsp3) is 0.357. The van der Waals surface area contributed by atoms with Crippen molar-refractivity contribution in [1.29, 1.82) is 0 Å². The van der Waals surface area contributed by atoms with Gasteiger partial charge in [0.25, 0.3) is 0 Å². The Morgan fingerprint density at radius 2 is 1.89 bits per heavy atom. The Morgan fingerprint density at radius 1 is 1.16 bits per heavy atom. The van der Waals surface area contributed by atoms with Crippen molar-refractivity contribution in [2.45, 2.75) is 31.9 Å². The van der Waals surface area contributed by atoms with Crippen molar-refractivity contribution in [3.63, 3.8) is 0 Å². The monoisotopic (exact) mass is 532 g/mol. The fourth-order valence-electron chi connectivity index (χ4n) is 4.76. The lowest BCUT2D eigenvalue weighted by atomic mass is 9.74. The van der Waals surface area contributed by atoms with Gasteiger partial charge in [-0.3, -0.25) is 14.7 Å². The Kier molecular flexibility index (Phi) is 8.17. The second-order valence-electron chi connectivity index (χ2n) is 9.32. The molecule has 0 amide bonds. The van der Waals surface area contributed by atoms with Gasteiger partial charge in [-0.15, -0.1) is 0 Å². The van der Waals surface area contributed by atoms with Gasteiger partial charge in [0.15, 0.2) is 11.6 Å². The van der Waals surface area contributed by atoms with E-state index in [0.29, 0.717) is 30.4 Å². The Bertz CT molecular complexity index is 1410. The van der Waals surface area contributed by atoms with Gasteiger partial charge >= 0.3 is 5.97 Å². The van der Waals surface area contributed by atoms with E-state index in [4.69, 9.17) is 4.74 Å². The molecule has 4 rings (SSSR count). The molecule has 1 aliphatic heterocycles. The molecule has 0 radical (unpaired) electrons. The van der Waals surface area contributed by atoms with Gasteiger partial charge in [0.05, 0.1) is 36.3 Å². The van der Waals surface area contributed by atoms with E-state index in [0.717, 1.165) is 12.3 Å². The van der Waals surface area contributed by atoms with Gasteiger partial charge < -0.3 is 9.84 Å². The van der Waals surface area contributed by atoms with Crippen LogP contribution in [-0.4, -0.2) is 47.7 Å². The normalized spacial score (nSPS) is 16.1. The summed E-state index contributed by atoms with van der Waals surface area (Å²) in [7, 11) is 1.44. The number of aromatic nitrogens is 1. The number of benzene rings is 2. The molecular weight excluding hydrogens is 507 g/mol. The molecule has 1 aromatic heterocycles. The number of carboxylic acid groups (broad SMARTS) is 1. The zero-order valence-corrected chi connectivity index (χ0v) is 20.5. The van der Waals surface area contributed by atoms with Gasteiger partial charge in [0, 0.05) is 30.1 Å². The minimum atomic E-state index is -1.76. The van der Waals surface area contributed by atoms with E-state index in [-0.39, 0.29) is 43.2 Å². The maximum atomic E-state index is 15.4. The van der Waals surface area contributed by atoms with E-state index in [2.05, 4.69) is 16.8 Å². The number of ether oxygens (including phenoxy) is 1. The number of carboxylic acids is 1. The minimum absolute atomic E-state index is 0.00990. The zero-order valence-electron chi connectivity index (χ0n) is 20.5. The summed E-state index contributed by atoms with van der Waals surface area (Å²) in [5.41, 5.74) is -1.39. The minimum Gasteiger partial charge on any atom is -0.497 e. The predicted molar refractivity (Wildman–Crippen MR) is 130 cm³/mol. The van der Waals surface area contributed by atoms with Crippen molar-refractivity contribution in [3.05, 3.63) is 70.9 Å². The van der Waals surface area contributed by atoms with Crippen LogP contribution in [0.2, 0.25) is 0 Å². The first-order valence-corrected chi connectivity index (χ1v) is 12.0. The first-order valence-electron chi connectivity index (χ1n) is 12.0. The van der Waals surface area contributed by atoms with Crippen LogP contribution in [0.4, 0.5) is 22.0 Å². The lowest BCUT2D eigenvalue weighted by molar-refractivity contribution is -0.152. The second kappa shape index (κ2) is 11.4. The molecule has 1 N–H and O–H groups in total. The highest BCUT2D eigenvalue weighted by atomic mass is 19.2. The number of piperidine rings is 1. The van der Waals surface area contributed by atoms with Crippen LogP contribution in [0.25, 0.3) is 10.9 Å². The van der Waals surface area contributed by atoms with E-state index in [1.54, 1.807) is 12.1 Å². The SMILES string of the molecule is COc1ccc2ncc(F)c([C@H](F)CCC3(C(=O)O)CCN(CC#Cc4cc(F)cc(F)c4F)CC3)c2c1. The van der Waals surface area contributed by atoms with Crippen LogP contribution in [0.15, 0.2) is 36.5 Å². The summed E-state index contributed by atoms with van der Waals surface area (Å²) in [6.45, 7) is 0.776. The van der Waals surface area contributed by atoms with Gasteiger partial charge in [0.2, 0.25) is 0 Å². The standard InChI is InChI=1S/C28H25F5N2O3/c1-38-19-4-5-24-20(15-19)25(23(32)16-34-24)21(30)6-7-28(27(36)37)8-11-35(12-9-28)10-2-3-17-13-18(29)14-22(31)26(17)33/h4-5,13-16,21H,6-12H2,1H3,(H,36,37)/t21-/m1/s1. The molecule has 1 saturated heterocycles. The molecule has 200 valence electrons. The molecule has 1 aliphatic rings. The lowest BCUT2D eigenvalue weighted by Gasteiger charge is -2.38. The number of methoxy groups -OCH3 is 1. The van der Waals surface area contributed by atoms with Crippen molar-refractivity contribution in [2.24, 2.45) is 5.41 Å². The topological polar surface area (TPSA) is 62.7 Å². The summed E-state index contributed by atoms with van der Waals surface area (Å²) >= 11 is 0. The van der Waals surface area contributed by atoms with Gasteiger partial charge in [-0.1, -0.05) is 11.8 Å². The van der Waals surface area contributed by atoms with E-state index >= 15 is 4.39 Å². The Hall–Kier alpha value is -3.71. The molecule has 38 heavy (non-hydrogen) atoms. The number of aliphatic carboxylic acids is 1. The molecule has 0 aliphatic carbocycles. The Labute approximate surface area is 216 Å². The second-order valence-corrected chi connectivity index (χ2v) is 9.32. The highest BCUT2D eigenvalue weighted by molar-refractivity contribution is 5.84. The van der Waals surface area contributed by atoms with Gasteiger partial charge in [0.1, 0.15) is 23.6 Å². The molecule has 0 saturated carbocycles. The molecule has 1 fully saturated rings. The quantitative estimate of drug-likeness (QED) is 0.237. The number of halogens is 5. The lowest BCUT2D eigenvalue weighted by Crippen LogP contribution is -2.44. The Balaban J connectivity index is 1.42. The van der Waals surface area contributed by atoms with Crippen LogP contribution < -0.4 is 4.74 Å². The first kappa shape index (κ1) is 27.3. The highest BCUT2D eigenvalue weighted by Gasteiger charge is 2.41. The maximum absolute atomic E-state index is 15.4. The fourth-order valence-corrected chi connectivity index (χ4v) is 4.76. The highest BCUT2D eigenvalue weighted by Crippen LogP contribution is 2.41. The number of hydrogen-bond acceptors (Lipinski definition) is 4. The third-order valence-corrected chi connectivity index (χ3v) is 7.04. The predicted octanol–water partition coefficient (Wildman–Crippen LogP) is 5.81. The molecule has 1 atom stereocenters. The van der Waals surface area contributed by atoms with Crippen LogP contribution in [0.1, 0.15) is 43.0 Å². The third-order valence-electron chi connectivity index (χ3n) is 7.04. The number of alkyl halides is 1. The van der Waals surface area contributed by atoms with Crippen molar-refractivity contribution in [2.75, 3.05) is 26.7 Å². The zero-order chi connectivity index (χ0) is 27.4. The summed E-state index contributed by atoms with van der Waals surface area (Å²) in [6.07, 6.45) is -0.615. The number of hydrogen-bond donors (Lipinski definition) is 1. The Morgan fingerprint density at radius 3 is 2.58 bits per heavy atom. The molecular formula is C28H25F5N2O3. The van der Waals surface area contributed by atoms with Crippen LogP contribution in [0, 0.1) is 40.5 Å². The molecule has 2 aromatic carbocycles. The molecule has 3 aromatic rings. The van der Waals surface area contributed by atoms with E-state index in [1.165, 1.54) is 13.2 Å². The van der Waals surface area contributed by atoms with Crippen LogP contribution >= 0.6 is 0 Å². The van der Waals surface area contributed by atoms with Gasteiger partial charge in [-0.2, -0.15) is 0 Å². The summed E-state index contributed by atoms with van der Waals surface area (Å²) in [5.74, 6) is 0.109. The number of carbonyl (C=O) groups is 1. The van der Waals surface area contributed by atoms with Gasteiger partial charge in [-0.25, -0.2) is 22.0 Å². The van der Waals surface area contributed by atoms with E-state index < -0.39 is 46.4 Å². The number of likely N-dealkylation sites (tertiary alicyclic amines) is 1. The third kappa shape index (κ3) is 5.73. The van der Waals surface area contributed by atoms with Crippen molar-refractivity contribution in [1.82, 2.24) is 9.88 Å². The van der Waals surface area contributed by atoms with Gasteiger partial charge in [-0.05, 0) is 49.9 Å². The van der Waals surface area contributed by atoms with E-state index in [1.807, 2.05) is 4.90 Å². The molecule has 5 nitrogen and oxygen atoms in total. The van der Waals surface area contributed by atoms with Crippen molar-refractivity contribution < 1.29 is 36.6 Å². The van der Waals surface area contributed by atoms with Crippen LogP contribution in [0.3, 0.4) is 0 Å². The number of pyridine rings is 1. The largest absolute Gasteiger partial charge is 0.497 e. The van der Waals surface area contributed by atoms with Crippen molar-refractivity contribution in [3.8, 4) is 17.6 Å². The van der Waals surface area contributed by atoms with Crippen LogP contribution in [-0.2, 0) is 4.79 Å². The summed E-state index contributed by atoms with van der Waals surface area (Å²) in [4.78, 5) is 18.0. The molecule has 10 heteroatoms. The molecule has 0 bridgehead atoms. The maximum Gasteiger partial charge on any atom is 0.309 e. The number of rotatable bonds is 7. The molecule has 2 heterocycles. The average Bonchev–Trinajstić information content (AvgIpc) is 2.90. The number of nitrogens with zero attached hydrogens (tertiary/aromatic N) is 2. The van der Waals surface area contributed by atoms with Crippen LogP contribution in [0.5, 0.6) is 5.75 Å². The molecule has 0 spiro atoms. The number of fused-ring (bicyclic) bond motifs is 1.